The fourth-order valence-corrected chi connectivity index (χ4v) is 7.94. The monoisotopic (exact) mass is 782 g/mol. The molecule has 0 radical (unpaired) electrons. The van der Waals surface area contributed by atoms with Gasteiger partial charge in [0, 0.05) is 37.9 Å². The fourth-order valence-electron chi connectivity index (χ4n) is 7.94. The molecular weight excluding hydrogens is 733 g/mol. The summed E-state index contributed by atoms with van der Waals surface area (Å²) in [5.74, 6) is -1.02. The molecule has 12 nitrogen and oxygen atoms in total. The number of aromatic nitrogens is 3. The predicted molar refractivity (Wildman–Crippen MR) is 219 cm³/mol. The van der Waals surface area contributed by atoms with Crippen molar-refractivity contribution < 1.29 is 28.7 Å². The van der Waals surface area contributed by atoms with Crippen molar-refractivity contribution in [2.24, 2.45) is 0 Å². The molecule has 4 heterocycles. The number of anilines is 1. The lowest BCUT2D eigenvalue weighted by atomic mass is 9.68. The number of amides is 4. The average molecular weight is 783 g/mol. The van der Waals surface area contributed by atoms with E-state index in [4.69, 9.17) is 9.47 Å². The highest BCUT2D eigenvalue weighted by atomic mass is 16.6. The largest absolute Gasteiger partial charge is 0.447 e. The van der Waals surface area contributed by atoms with Crippen LogP contribution in [-0.2, 0) is 43.9 Å². The number of piperidine rings is 1. The van der Waals surface area contributed by atoms with Crippen molar-refractivity contribution in [1.29, 1.82) is 0 Å². The first-order chi connectivity index (χ1) is 27.9. The molecule has 12 heteroatoms. The second kappa shape index (κ2) is 17.1. The van der Waals surface area contributed by atoms with Crippen molar-refractivity contribution in [3.8, 4) is 0 Å². The van der Waals surface area contributed by atoms with Crippen LogP contribution in [0.15, 0.2) is 122 Å². The van der Waals surface area contributed by atoms with Gasteiger partial charge in [0.15, 0.2) is 0 Å². The molecule has 2 fully saturated rings. The summed E-state index contributed by atoms with van der Waals surface area (Å²) >= 11 is 0. The van der Waals surface area contributed by atoms with Crippen LogP contribution < -0.4 is 4.90 Å². The van der Waals surface area contributed by atoms with E-state index in [0.717, 1.165) is 18.4 Å². The zero-order valence-corrected chi connectivity index (χ0v) is 33.5. The maximum atomic E-state index is 14.5. The summed E-state index contributed by atoms with van der Waals surface area (Å²) in [4.78, 5) is 67.8. The van der Waals surface area contributed by atoms with Crippen LogP contribution in [-0.4, -0.2) is 86.7 Å². The predicted octanol–water partition coefficient (Wildman–Crippen LogP) is 7.17. The third kappa shape index (κ3) is 8.96. The van der Waals surface area contributed by atoms with Crippen molar-refractivity contribution in [2.45, 2.75) is 76.0 Å². The summed E-state index contributed by atoms with van der Waals surface area (Å²) < 4.78 is 12.6. The van der Waals surface area contributed by atoms with Crippen molar-refractivity contribution >= 4 is 29.8 Å². The Labute approximate surface area is 339 Å². The molecule has 7 rings (SSSR count). The standard InChI is InChI=1S/C46H50N6O6/c1-45(2,3)58-43(55)49(4)40-21-20-34(28-47-40)27-38(42(54)52-37(31-57-44(52)56)26-33-14-8-5-9-15-33)39-29-50(32-48-39)30-41(53)51-24-22-46(23-25-51,35-16-10-6-11-17-35)36-18-12-7-13-19-36/h5-21,28-29,32,37-38H,22-27,30-31H2,1-4H3/t37-,38-/m1/s1. The molecule has 2 atom stereocenters. The molecule has 4 amide bonds. The van der Waals surface area contributed by atoms with Gasteiger partial charge in [0.05, 0.1) is 24.0 Å². The zero-order valence-electron chi connectivity index (χ0n) is 33.5. The van der Waals surface area contributed by atoms with Crippen LogP contribution in [0.4, 0.5) is 15.4 Å². The Bertz CT molecular complexity index is 2150. The lowest BCUT2D eigenvalue weighted by Gasteiger charge is -2.43. The number of benzene rings is 3. The van der Waals surface area contributed by atoms with Crippen molar-refractivity contribution in [3.05, 3.63) is 150 Å². The number of carbonyl (C=O) groups is 4. The molecule has 2 saturated heterocycles. The molecule has 0 spiro atoms. The number of pyridine rings is 1. The molecule has 0 saturated carbocycles. The van der Waals surface area contributed by atoms with E-state index < -0.39 is 35.7 Å². The third-order valence-corrected chi connectivity index (χ3v) is 11.0. The number of cyclic esters (lactones) is 1. The third-order valence-electron chi connectivity index (χ3n) is 11.0. The van der Waals surface area contributed by atoms with Crippen LogP contribution in [0.3, 0.4) is 0 Å². The molecule has 2 aliphatic heterocycles. The Morgan fingerprint density at radius 1 is 0.862 bits per heavy atom. The Balaban J connectivity index is 1.10. The maximum absolute atomic E-state index is 14.5. The van der Waals surface area contributed by atoms with Crippen LogP contribution >= 0.6 is 0 Å². The molecule has 58 heavy (non-hydrogen) atoms. The van der Waals surface area contributed by atoms with E-state index in [1.165, 1.54) is 20.9 Å². The Kier molecular flexibility index (Phi) is 11.7. The first-order valence-corrected chi connectivity index (χ1v) is 19.8. The molecule has 0 unspecified atom stereocenters. The normalized spacial score (nSPS) is 17.0. The van der Waals surface area contributed by atoms with Gasteiger partial charge in [-0.3, -0.25) is 14.5 Å². The molecular formula is C46H50N6O6. The van der Waals surface area contributed by atoms with Crippen LogP contribution in [0, 0.1) is 0 Å². The Morgan fingerprint density at radius 3 is 2.07 bits per heavy atom. The number of imide groups is 1. The van der Waals surface area contributed by atoms with Gasteiger partial charge in [0.2, 0.25) is 11.8 Å². The van der Waals surface area contributed by atoms with E-state index in [0.29, 0.717) is 36.6 Å². The van der Waals surface area contributed by atoms with Crippen LogP contribution in [0.1, 0.15) is 67.5 Å². The van der Waals surface area contributed by atoms with Gasteiger partial charge in [-0.25, -0.2) is 24.5 Å². The number of hydrogen-bond donors (Lipinski definition) is 0. The van der Waals surface area contributed by atoms with Crippen molar-refractivity contribution in [3.63, 3.8) is 0 Å². The van der Waals surface area contributed by atoms with Gasteiger partial charge >= 0.3 is 12.2 Å². The van der Waals surface area contributed by atoms with E-state index in [1.54, 1.807) is 63.2 Å². The van der Waals surface area contributed by atoms with Crippen molar-refractivity contribution in [2.75, 3.05) is 31.6 Å². The van der Waals surface area contributed by atoms with Crippen LogP contribution in [0.2, 0.25) is 0 Å². The molecule has 0 aliphatic carbocycles. The summed E-state index contributed by atoms with van der Waals surface area (Å²) in [5, 5.41) is 0. The topological polar surface area (TPSA) is 127 Å². The molecule has 0 N–H and O–H groups in total. The lowest BCUT2D eigenvalue weighted by molar-refractivity contribution is -0.133. The van der Waals surface area contributed by atoms with E-state index in [-0.39, 0.29) is 30.9 Å². The first kappa shape index (κ1) is 39.9. The summed E-state index contributed by atoms with van der Waals surface area (Å²) in [7, 11) is 1.58. The number of carbonyl (C=O) groups excluding carboxylic acids is 4. The minimum atomic E-state index is -0.899. The highest BCUT2D eigenvalue weighted by Gasteiger charge is 2.42. The number of likely N-dealkylation sites (tertiary alicyclic amines) is 1. The second-order valence-corrected chi connectivity index (χ2v) is 16.1. The number of hydrogen-bond acceptors (Lipinski definition) is 8. The Hall–Kier alpha value is -6.30. The van der Waals surface area contributed by atoms with Crippen molar-refractivity contribution in [1.82, 2.24) is 24.3 Å². The quantitative estimate of drug-likeness (QED) is 0.138. The van der Waals surface area contributed by atoms with Gasteiger partial charge in [0.25, 0.3) is 0 Å². The molecule has 0 bridgehead atoms. The van der Waals surface area contributed by atoms with E-state index in [9.17, 15) is 19.2 Å². The summed E-state index contributed by atoms with van der Waals surface area (Å²) in [5.41, 5.74) is 3.70. The summed E-state index contributed by atoms with van der Waals surface area (Å²) in [6, 6.07) is 33.6. The SMILES string of the molecule is CN(C(=O)OC(C)(C)C)c1ccc(C[C@@H](C(=O)N2C(=O)OC[C@H]2Cc2ccccc2)c2cn(CC(=O)N3CCC(c4ccccc4)(c4ccccc4)CC3)cn2)cn1. The minimum absolute atomic E-state index is 0.0403. The van der Waals surface area contributed by atoms with Crippen LogP contribution in [0.25, 0.3) is 0 Å². The Morgan fingerprint density at radius 2 is 1.48 bits per heavy atom. The van der Waals surface area contributed by atoms with Gasteiger partial charge in [-0.1, -0.05) is 97.1 Å². The van der Waals surface area contributed by atoms with Gasteiger partial charge < -0.3 is 18.9 Å². The second-order valence-electron chi connectivity index (χ2n) is 16.1. The van der Waals surface area contributed by atoms with Gasteiger partial charge in [0.1, 0.15) is 24.6 Å². The molecule has 300 valence electrons. The van der Waals surface area contributed by atoms with E-state index >= 15 is 0 Å². The highest BCUT2D eigenvalue weighted by Crippen LogP contribution is 2.41. The van der Waals surface area contributed by atoms with Crippen LogP contribution in [0.5, 0.6) is 0 Å². The van der Waals surface area contributed by atoms with Gasteiger partial charge in [-0.2, -0.15) is 0 Å². The molecule has 2 aromatic heterocycles. The van der Waals surface area contributed by atoms with E-state index in [1.807, 2.05) is 47.4 Å². The molecule has 2 aliphatic rings. The molecule has 3 aromatic carbocycles. The number of ether oxygens (including phenoxy) is 2. The average Bonchev–Trinajstić information content (AvgIpc) is 3.85. The summed E-state index contributed by atoms with van der Waals surface area (Å²) in [6.45, 7) is 6.69. The number of imidazole rings is 1. The van der Waals surface area contributed by atoms with E-state index in [2.05, 4.69) is 58.5 Å². The first-order valence-electron chi connectivity index (χ1n) is 19.8. The highest BCUT2D eigenvalue weighted by molar-refractivity contribution is 5.97. The lowest BCUT2D eigenvalue weighted by Crippen LogP contribution is -2.46. The smallest absolute Gasteiger partial charge is 0.417 e. The van der Waals surface area contributed by atoms with Gasteiger partial charge in [-0.05, 0) is 74.8 Å². The zero-order chi connectivity index (χ0) is 40.9. The fraction of sp³-hybridized carbons (Fsp3) is 0.348. The number of nitrogens with zero attached hydrogens (tertiary/aromatic N) is 6. The van der Waals surface area contributed by atoms with Gasteiger partial charge in [-0.15, -0.1) is 0 Å². The maximum Gasteiger partial charge on any atom is 0.417 e. The minimum Gasteiger partial charge on any atom is -0.447 e. The summed E-state index contributed by atoms with van der Waals surface area (Å²) in [6.07, 6.45) is 5.80. The molecule has 5 aromatic rings. The number of rotatable bonds is 11.